The van der Waals surface area contributed by atoms with Crippen LogP contribution in [0.1, 0.15) is 18.4 Å². The summed E-state index contributed by atoms with van der Waals surface area (Å²) in [5.74, 6) is -0.263. The number of halogens is 1. The smallest absolute Gasteiger partial charge is 0.308 e. The molecule has 1 saturated heterocycles. The van der Waals surface area contributed by atoms with Gasteiger partial charge in [0, 0.05) is 29.3 Å². The van der Waals surface area contributed by atoms with Crippen LogP contribution in [-0.4, -0.2) is 34.3 Å². The van der Waals surface area contributed by atoms with Crippen molar-refractivity contribution in [2.24, 2.45) is 5.92 Å². The zero-order chi connectivity index (χ0) is 14.8. The second-order valence-corrected chi connectivity index (χ2v) is 7.41. The van der Waals surface area contributed by atoms with Crippen molar-refractivity contribution in [3.8, 4) is 0 Å². The van der Waals surface area contributed by atoms with Gasteiger partial charge < -0.3 is 5.11 Å². The monoisotopic (exact) mass is 323 g/mol. The minimum absolute atomic E-state index is 0.169. The number of benzene rings is 1. The van der Waals surface area contributed by atoms with E-state index in [1.165, 1.54) is 0 Å². The van der Waals surface area contributed by atoms with Crippen LogP contribution < -0.4 is 0 Å². The lowest BCUT2D eigenvalue weighted by atomic mass is 9.96. The largest absolute Gasteiger partial charge is 0.481 e. The minimum Gasteiger partial charge on any atom is -0.481 e. The van der Waals surface area contributed by atoms with Crippen molar-refractivity contribution in [1.82, 2.24) is 4.90 Å². The van der Waals surface area contributed by atoms with E-state index < -0.39 is 5.97 Å². The van der Waals surface area contributed by atoms with Gasteiger partial charge in [-0.15, -0.1) is 11.8 Å². The Bertz CT molecular complexity index is 575. The molecule has 5 heteroatoms. The van der Waals surface area contributed by atoms with Crippen LogP contribution >= 0.6 is 23.4 Å². The molecule has 0 radical (unpaired) electrons. The number of thioether (sulfide) groups is 1. The first-order chi connectivity index (χ1) is 10.1. The average Bonchev–Trinajstić information content (AvgIpc) is 2.82. The zero-order valence-electron chi connectivity index (χ0n) is 11.7. The number of hydrogen-bond acceptors (Lipinski definition) is 3. The fourth-order valence-corrected chi connectivity index (χ4v) is 4.68. The number of hydrogen-bond donors (Lipinski definition) is 1. The van der Waals surface area contributed by atoms with Crippen molar-refractivity contribution >= 4 is 29.3 Å². The Labute approximate surface area is 134 Å². The molecule has 2 aliphatic rings. The van der Waals surface area contributed by atoms with Gasteiger partial charge >= 0.3 is 5.97 Å². The lowest BCUT2D eigenvalue weighted by Gasteiger charge is -2.34. The van der Waals surface area contributed by atoms with Gasteiger partial charge in [-0.25, -0.2) is 0 Å². The average molecular weight is 324 g/mol. The fraction of sp³-hybridized carbons (Fsp3) is 0.438. The minimum atomic E-state index is -0.736. The molecule has 0 spiro atoms. The summed E-state index contributed by atoms with van der Waals surface area (Å²) in [6, 6.07) is 7.97. The first-order valence-corrected chi connectivity index (χ1v) is 8.42. The van der Waals surface area contributed by atoms with E-state index in [2.05, 4.69) is 17.0 Å². The molecule has 0 saturated carbocycles. The molecular weight excluding hydrogens is 306 g/mol. The van der Waals surface area contributed by atoms with Crippen LogP contribution in [0, 0.1) is 5.92 Å². The molecule has 0 bridgehead atoms. The van der Waals surface area contributed by atoms with Gasteiger partial charge in [-0.1, -0.05) is 35.9 Å². The molecule has 21 heavy (non-hydrogen) atoms. The third-order valence-electron chi connectivity index (χ3n) is 4.06. The molecule has 3 rings (SSSR count). The number of aliphatic carboxylic acids is 1. The molecular formula is C16H18ClNO2S. The highest BCUT2D eigenvalue weighted by molar-refractivity contribution is 8.04. The van der Waals surface area contributed by atoms with Gasteiger partial charge in [-0.3, -0.25) is 9.69 Å². The van der Waals surface area contributed by atoms with Crippen molar-refractivity contribution < 1.29 is 9.90 Å². The van der Waals surface area contributed by atoms with E-state index in [0.29, 0.717) is 11.2 Å². The van der Waals surface area contributed by atoms with Crippen LogP contribution in [0.4, 0.5) is 0 Å². The quantitative estimate of drug-likeness (QED) is 0.918. The second kappa shape index (κ2) is 6.42. The van der Waals surface area contributed by atoms with Crippen LogP contribution in [0.25, 0.3) is 0 Å². The second-order valence-electron chi connectivity index (χ2n) is 5.64. The molecule has 0 amide bonds. The maximum Gasteiger partial charge on any atom is 0.308 e. The first-order valence-electron chi connectivity index (χ1n) is 7.17. The van der Waals surface area contributed by atoms with Crippen LogP contribution in [0.15, 0.2) is 35.2 Å². The maximum absolute atomic E-state index is 10.8. The van der Waals surface area contributed by atoms with E-state index in [1.807, 2.05) is 18.2 Å². The predicted octanol–water partition coefficient (Wildman–Crippen LogP) is 3.64. The van der Waals surface area contributed by atoms with Crippen molar-refractivity contribution in [2.75, 3.05) is 13.1 Å². The third kappa shape index (κ3) is 3.62. The topological polar surface area (TPSA) is 40.5 Å². The standard InChI is InChI=1S/C16H18ClNO2S/c17-14-4-2-1-3-11(14)9-18-6-5-15-12(10-18)7-13(21-15)8-16(19)20/h1-4,7,12,15H,5-6,8-10H2,(H,19,20). The maximum atomic E-state index is 10.8. The highest BCUT2D eigenvalue weighted by atomic mass is 35.5. The van der Waals surface area contributed by atoms with Gasteiger partial charge in [0.05, 0.1) is 6.42 Å². The van der Waals surface area contributed by atoms with E-state index in [4.69, 9.17) is 16.7 Å². The number of rotatable bonds is 4. The highest BCUT2D eigenvalue weighted by Gasteiger charge is 2.34. The van der Waals surface area contributed by atoms with Gasteiger partial charge in [0.25, 0.3) is 0 Å². The number of carboxylic acid groups (broad SMARTS) is 1. The molecule has 1 fully saturated rings. The summed E-state index contributed by atoms with van der Waals surface area (Å²) in [5, 5.41) is 10.3. The van der Waals surface area contributed by atoms with Gasteiger partial charge in [0.2, 0.25) is 0 Å². The molecule has 2 atom stereocenters. The van der Waals surface area contributed by atoms with Crippen molar-refractivity contribution in [1.29, 1.82) is 0 Å². The van der Waals surface area contributed by atoms with Crippen LogP contribution in [0.3, 0.4) is 0 Å². The number of piperidine rings is 1. The summed E-state index contributed by atoms with van der Waals surface area (Å²) < 4.78 is 0. The van der Waals surface area contributed by atoms with Crippen molar-refractivity contribution in [3.63, 3.8) is 0 Å². The number of fused-ring (bicyclic) bond motifs is 1. The number of likely N-dealkylation sites (tertiary alicyclic amines) is 1. The summed E-state index contributed by atoms with van der Waals surface area (Å²) in [6.45, 7) is 2.91. The first kappa shape index (κ1) is 14.9. The number of carboxylic acids is 1. The van der Waals surface area contributed by atoms with E-state index in [1.54, 1.807) is 11.8 Å². The molecule has 0 aromatic heterocycles. The molecule has 112 valence electrons. The number of nitrogens with zero attached hydrogens (tertiary/aromatic N) is 1. The predicted molar refractivity (Wildman–Crippen MR) is 86.6 cm³/mol. The zero-order valence-corrected chi connectivity index (χ0v) is 13.2. The Kier molecular flexibility index (Phi) is 4.57. The lowest BCUT2D eigenvalue weighted by molar-refractivity contribution is -0.136. The molecule has 2 unspecified atom stereocenters. The summed E-state index contributed by atoms with van der Waals surface area (Å²) in [6.07, 6.45) is 3.45. The van der Waals surface area contributed by atoms with Crippen LogP contribution in [-0.2, 0) is 11.3 Å². The van der Waals surface area contributed by atoms with E-state index in [-0.39, 0.29) is 6.42 Å². The van der Waals surface area contributed by atoms with Crippen LogP contribution in [0.2, 0.25) is 5.02 Å². The molecule has 1 N–H and O–H groups in total. The SMILES string of the molecule is O=C(O)CC1=CC2CN(Cc3ccccc3Cl)CCC2S1. The normalized spacial score (nSPS) is 25.5. The Morgan fingerprint density at radius 3 is 3.00 bits per heavy atom. The highest BCUT2D eigenvalue weighted by Crippen LogP contribution is 2.42. The van der Waals surface area contributed by atoms with Gasteiger partial charge in [0.1, 0.15) is 0 Å². The summed E-state index contributed by atoms with van der Waals surface area (Å²) in [4.78, 5) is 14.3. The molecule has 2 heterocycles. The Morgan fingerprint density at radius 1 is 1.43 bits per heavy atom. The Hall–Kier alpha value is -0.970. The summed E-state index contributed by atoms with van der Waals surface area (Å²) in [5.41, 5.74) is 1.16. The molecule has 2 aliphatic heterocycles. The number of carbonyl (C=O) groups is 1. The van der Waals surface area contributed by atoms with Crippen molar-refractivity contribution in [2.45, 2.75) is 24.6 Å². The summed E-state index contributed by atoms with van der Waals surface area (Å²) in [7, 11) is 0. The lowest BCUT2D eigenvalue weighted by Crippen LogP contribution is -2.39. The third-order valence-corrected chi connectivity index (χ3v) is 5.90. The van der Waals surface area contributed by atoms with E-state index in [0.717, 1.165) is 41.5 Å². The fourth-order valence-electron chi connectivity index (χ4n) is 3.07. The van der Waals surface area contributed by atoms with Gasteiger partial charge in [0.15, 0.2) is 0 Å². The van der Waals surface area contributed by atoms with Crippen LogP contribution in [0.5, 0.6) is 0 Å². The van der Waals surface area contributed by atoms with E-state index in [9.17, 15) is 4.79 Å². The molecule has 0 aliphatic carbocycles. The van der Waals surface area contributed by atoms with Gasteiger partial charge in [-0.2, -0.15) is 0 Å². The molecule has 1 aromatic rings. The Morgan fingerprint density at radius 2 is 2.24 bits per heavy atom. The van der Waals surface area contributed by atoms with Crippen molar-refractivity contribution in [3.05, 3.63) is 45.8 Å². The summed E-state index contributed by atoms with van der Waals surface area (Å²) >= 11 is 7.99. The Balaban J connectivity index is 1.63. The van der Waals surface area contributed by atoms with Gasteiger partial charge in [-0.05, 0) is 29.5 Å². The molecule has 1 aromatic carbocycles. The molecule has 3 nitrogen and oxygen atoms in total. The van der Waals surface area contributed by atoms with E-state index >= 15 is 0 Å².